The van der Waals surface area contributed by atoms with Crippen molar-refractivity contribution in [1.29, 1.82) is 0 Å². The van der Waals surface area contributed by atoms with Gasteiger partial charge >= 0.3 is 0 Å². The van der Waals surface area contributed by atoms with E-state index in [0.717, 1.165) is 15.9 Å². The van der Waals surface area contributed by atoms with Gasteiger partial charge in [0.2, 0.25) is 5.91 Å². The Balaban J connectivity index is 2.57. The zero-order valence-corrected chi connectivity index (χ0v) is 13.1. The van der Waals surface area contributed by atoms with Gasteiger partial charge in [-0.1, -0.05) is 0 Å². The first-order valence-electron chi connectivity index (χ1n) is 6.04. The first-order chi connectivity index (χ1) is 8.32. The molecule has 1 aromatic heterocycles. The van der Waals surface area contributed by atoms with Crippen LogP contribution in [0.3, 0.4) is 0 Å². The summed E-state index contributed by atoms with van der Waals surface area (Å²) < 4.78 is 2.81. The maximum Gasteiger partial charge on any atom is 0.237 e. The normalized spacial score (nSPS) is 12.8. The van der Waals surface area contributed by atoms with Crippen LogP contribution in [0.25, 0.3) is 0 Å². The fourth-order valence-electron chi connectivity index (χ4n) is 1.62. The second-order valence-electron chi connectivity index (χ2n) is 4.74. The Morgan fingerprint density at radius 2 is 2.06 bits per heavy atom. The third-order valence-corrected chi connectivity index (χ3v) is 3.69. The van der Waals surface area contributed by atoms with Crippen molar-refractivity contribution in [3.63, 3.8) is 0 Å². The number of hydrogen-bond acceptors (Lipinski definition) is 3. The molecule has 0 radical (unpaired) electrons. The molecule has 1 amide bonds. The molecule has 0 aliphatic carbocycles. The number of nitrogens with one attached hydrogen (secondary N) is 2. The highest BCUT2D eigenvalue weighted by Crippen LogP contribution is 2.19. The fourth-order valence-corrected chi connectivity index (χ4v) is 2.10. The average Bonchev–Trinajstić information content (AvgIpc) is 2.49. The van der Waals surface area contributed by atoms with E-state index in [1.54, 1.807) is 0 Å². The number of aromatic nitrogens is 2. The van der Waals surface area contributed by atoms with Gasteiger partial charge in [0.25, 0.3) is 0 Å². The lowest BCUT2D eigenvalue weighted by atomic mass is 10.2. The molecule has 6 heteroatoms. The van der Waals surface area contributed by atoms with Gasteiger partial charge in [-0.2, -0.15) is 5.10 Å². The number of aryl methyl sites for hydroxylation is 2. The summed E-state index contributed by atoms with van der Waals surface area (Å²) in [6, 6.07) is -0.0676. The van der Waals surface area contributed by atoms with Gasteiger partial charge in [0.1, 0.15) is 0 Å². The molecule has 0 aliphatic rings. The van der Waals surface area contributed by atoms with Gasteiger partial charge in [-0.05, 0) is 43.6 Å². The van der Waals surface area contributed by atoms with Crippen molar-refractivity contribution in [1.82, 2.24) is 20.4 Å². The Bertz CT molecular complexity index is 428. The van der Waals surface area contributed by atoms with Gasteiger partial charge in [-0.15, -0.1) is 0 Å². The maximum atomic E-state index is 11.7. The number of carbonyl (C=O) groups excluding carboxylic acids is 1. The summed E-state index contributed by atoms with van der Waals surface area (Å²) in [5.74, 6) is 0.0139. The molecule has 102 valence electrons. The van der Waals surface area contributed by atoms with Gasteiger partial charge in [0.05, 0.1) is 21.9 Å². The number of hydrogen-bond donors (Lipinski definition) is 2. The molecule has 0 spiro atoms. The van der Waals surface area contributed by atoms with E-state index in [4.69, 9.17) is 0 Å². The number of carbonyl (C=O) groups is 1. The van der Waals surface area contributed by atoms with Gasteiger partial charge < -0.3 is 10.6 Å². The zero-order chi connectivity index (χ0) is 13.9. The van der Waals surface area contributed by atoms with Crippen molar-refractivity contribution < 1.29 is 4.79 Å². The molecule has 0 aromatic carbocycles. The molecule has 0 saturated carbocycles. The lowest BCUT2D eigenvalue weighted by molar-refractivity contribution is -0.123. The van der Waals surface area contributed by atoms with Crippen LogP contribution in [0.4, 0.5) is 0 Å². The fraction of sp³-hybridized carbons (Fsp3) is 0.667. The summed E-state index contributed by atoms with van der Waals surface area (Å²) in [5.41, 5.74) is 1.99. The van der Waals surface area contributed by atoms with Crippen molar-refractivity contribution in [2.45, 2.75) is 46.3 Å². The van der Waals surface area contributed by atoms with Crippen LogP contribution in [0.5, 0.6) is 0 Å². The summed E-state index contributed by atoms with van der Waals surface area (Å²) >= 11 is 3.50. The van der Waals surface area contributed by atoms with Crippen molar-refractivity contribution in [3.8, 4) is 0 Å². The van der Waals surface area contributed by atoms with Crippen LogP contribution < -0.4 is 10.6 Å². The molecule has 1 rings (SSSR count). The molecule has 1 unspecified atom stereocenters. The molecule has 0 bridgehead atoms. The molecule has 1 aromatic rings. The minimum atomic E-state index is -0.227. The molecule has 5 nitrogen and oxygen atoms in total. The van der Waals surface area contributed by atoms with E-state index in [1.807, 2.05) is 39.4 Å². The Morgan fingerprint density at radius 3 is 2.50 bits per heavy atom. The number of amides is 1. The first kappa shape index (κ1) is 15.2. The van der Waals surface area contributed by atoms with E-state index in [2.05, 4.69) is 31.7 Å². The van der Waals surface area contributed by atoms with Crippen molar-refractivity contribution >= 4 is 21.8 Å². The largest absolute Gasteiger partial charge is 0.353 e. The molecular weight excluding hydrogens is 296 g/mol. The second-order valence-corrected chi connectivity index (χ2v) is 5.53. The van der Waals surface area contributed by atoms with Crippen molar-refractivity contribution in [3.05, 3.63) is 15.9 Å². The standard InChI is InChI=1S/C12H21BrN4O/c1-7(2)15-12(18)9(4)14-6-10-11(13)8(3)16-17(10)5/h7,9,14H,6H2,1-5H3,(H,15,18). The molecular formula is C12H21BrN4O. The van der Waals surface area contributed by atoms with Gasteiger partial charge in [-0.25, -0.2) is 0 Å². The van der Waals surface area contributed by atoms with Crippen LogP contribution in [0, 0.1) is 6.92 Å². The Hall–Kier alpha value is -0.880. The van der Waals surface area contributed by atoms with E-state index < -0.39 is 0 Å². The highest BCUT2D eigenvalue weighted by molar-refractivity contribution is 9.10. The molecule has 18 heavy (non-hydrogen) atoms. The predicted molar refractivity (Wildman–Crippen MR) is 75.2 cm³/mol. The van der Waals surface area contributed by atoms with Crippen LogP contribution >= 0.6 is 15.9 Å². The van der Waals surface area contributed by atoms with E-state index >= 15 is 0 Å². The molecule has 1 atom stereocenters. The minimum absolute atomic E-state index is 0.0139. The quantitative estimate of drug-likeness (QED) is 0.865. The lowest BCUT2D eigenvalue weighted by Crippen LogP contribution is -2.44. The summed E-state index contributed by atoms with van der Waals surface area (Å²) in [4.78, 5) is 11.7. The monoisotopic (exact) mass is 316 g/mol. The molecule has 0 fully saturated rings. The van der Waals surface area contributed by atoms with Crippen LogP contribution in [0.2, 0.25) is 0 Å². The van der Waals surface area contributed by atoms with Gasteiger partial charge in [0.15, 0.2) is 0 Å². The Labute approximate surface area is 116 Å². The average molecular weight is 317 g/mol. The Morgan fingerprint density at radius 1 is 1.44 bits per heavy atom. The van der Waals surface area contributed by atoms with E-state index in [9.17, 15) is 4.79 Å². The molecule has 2 N–H and O–H groups in total. The summed E-state index contributed by atoms with van der Waals surface area (Å²) in [5, 5.41) is 10.4. The highest BCUT2D eigenvalue weighted by atomic mass is 79.9. The lowest BCUT2D eigenvalue weighted by Gasteiger charge is -2.16. The SMILES string of the molecule is Cc1nn(C)c(CNC(C)C(=O)NC(C)C)c1Br. The molecule has 1 heterocycles. The van der Waals surface area contributed by atoms with Crippen molar-refractivity contribution in [2.24, 2.45) is 7.05 Å². The summed E-state index contributed by atoms with van der Waals surface area (Å²) in [7, 11) is 1.90. The van der Waals surface area contributed by atoms with Crippen LogP contribution in [0.15, 0.2) is 4.47 Å². The maximum absolute atomic E-state index is 11.7. The van der Waals surface area contributed by atoms with Crippen LogP contribution in [0.1, 0.15) is 32.2 Å². The van der Waals surface area contributed by atoms with Crippen LogP contribution in [-0.4, -0.2) is 27.8 Å². The number of rotatable bonds is 5. The summed E-state index contributed by atoms with van der Waals surface area (Å²) in [6.45, 7) is 8.30. The topological polar surface area (TPSA) is 59.0 Å². The number of nitrogens with zero attached hydrogens (tertiary/aromatic N) is 2. The third-order valence-electron chi connectivity index (χ3n) is 2.66. The molecule has 0 aliphatic heterocycles. The highest BCUT2D eigenvalue weighted by Gasteiger charge is 2.15. The Kier molecular flexibility index (Phi) is 5.34. The molecule has 0 saturated heterocycles. The second kappa shape index (κ2) is 6.33. The van der Waals surface area contributed by atoms with Crippen LogP contribution in [-0.2, 0) is 18.4 Å². The van der Waals surface area contributed by atoms with E-state index in [-0.39, 0.29) is 18.0 Å². The zero-order valence-electron chi connectivity index (χ0n) is 11.5. The van der Waals surface area contributed by atoms with Crippen molar-refractivity contribution in [2.75, 3.05) is 0 Å². The van der Waals surface area contributed by atoms with Gasteiger partial charge in [-0.3, -0.25) is 9.48 Å². The van der Waals surface area contributed by atoms with Gasteiger partial charge in [0, 0.05) is 19.6 Å². The number of halogens is 1. The van der Waals surface area contributed by atoms with E-state index in [0.29, 0.717) is 6.54 Å². The van der Waals surface area contributed by atoms with E-state index in [1.165, 1.54) is 0 Å². The minimum Gasteiger partial charge on any atom is -0.353 e. The first-order valence-corrected chi connectivity index (χ1v) is 6.84. The summed E-state index contributed by atoms with van der Waals surface area (Å²) in [6.07, 6.45) is 0. The smallest absolute Gasteiger partial charge is 0.237 e. The third kappa shape index (κ3) is 3.81. The predicted octanol–water partition coefficient (Wildman–Crippen LogP) is 1.49.